The number of fused-ring (bicyclic) bond motifs is 1. The molecule has 1 atom stereocenters. The van der Waals surface area contributed by atoms with E-state index in [-0.39, 0.29) is 0 Å². The first-order valence-corrected chi connectivity index (χ1v) is 7.59. The Morgan fingerprint density at radius 3 is 2.84 bits per heavy atom. The number of rotatable bonds is 5. The highest BCUT2D eigenvalue weighted by Gasteiger charge is 2.13. The average molecular weight is 284 g/mol. The molecule has 104 valence electrons. The molecule has 0 aliphatic heterocycles. The predicted molar refractivity (Wildman–Crippen MR) is 70.8 cm³/mol. The lowest BCUT2D eigenvalue weighted by Gasteiger charge is -2.10. The zero-order chi connectivity index (χ0) is 14.0. The Kier molecular flexibility index (Phi) is 3.77. The second-order valence-corrected chi connectivity index (χ2v) is 5.96. The fraction of sp³-hybridized carbons (Fsp3) is 0.417. The van der Waals surface area contributed by atoms with E-state index in [4.69, 9.17) is 8.92 Å². The highest BCUT2D eigenvalue weighted by molar-refractivity contribution is 7.86. The Morgan fingerprint density at radius 1 is 1.47 bits per heavy atom. The third kappa shape index (κ3) is 3.45. The van der Waals surface area contributed by atoms with Gasteiger partial charge in [0, 0.05) is 30.6 Å². The van der Waals surface area contributed by atoms with Gasteiger partial charge >= 0.3 is 0 Å². The molecule has 0 amide bonds. The van der Waals surface area contributed by atoms with Crippen LogP contribution in [0.15, 0.2) is 24.5 Å². The van der Waals surface area contributed by atoms with Crippen LogP contribution in [0.1, 0.15) is 12.6 Å². The van der Waals surface area contributed by atoms with Crippen molar-refractivity contribution in [2.45, 2.75) is 19.4 Å². The van der Waals surface area contributed by atoms with E-state index in [2.05, 4.69) is 4.98 Å². The number of hydrogen-bond acceptors (Lipinski definition) is 5. The summed E-state index contributed by atoms with van der Waals surface area (Å²) in [5.41, 5.74) is 1.63. The minimum atomic E-state index is -3.44. The van der Waals surface area contributed by atoms with Gasteiger partial charge in [-0.25, -0.2) is 4.98 Å². The van der Waals surface area contributed by atoms with E-state index in [1.54, 1.807) is 20.2 Å². The molecule has 19 heavy (non-hydrogen) atoms. The molecule has 0 aliphatic rings. The summed E-state index contributed by atoms with van der Waals surface area (Å²) in [6, 6.07) is 3.63. The molecule has 0 N–H and O–H groups in total. The van der Waals surface area contributed by atoms with Crippen LogP contribution in [0.5, 0.6) is 5.75 Å². The molecule has 0 spiro atoms. The molecule has 2 aromatic heterocycles. The Hall–Kier alpha value is -1.60. The lowest BCUT2D eigenvalue weighted by molar-refractivity contribution is 0.230. The summed E-state index contributed by atoms with van der Waals surface area (Å²) in [5, 5.41) is 0. The van der Waals surface area contributed by atoms with Crippen molar-refractivity contribution in [1.29, 1.82) is 0 Å². The monoisotopic (exact) mass is 284 g/mol. The van der Waals surface area contributed by atoms with Crippen molar-refractivity contribution in [2.24, 2.45) is 0 Å². The summed E-state index contributed by atoms with van der Waals surface area (Å²) in [6.45, 7) is 1.71. The van der Waals surface area contributed by atoms with E-state index >= 15 is 0 Å². The first kappa shape index (κ1) is 13.8. The van der Waals surface area contributed by atoms with Gasteiger partial charge in [0.25, 0.3) is 10.1 Å². The maximum Gasteiger partial charge on any atom is 0.264 e. The summed E-state index contributed by atoms with van der Waals surface area (Å²) in [6.07, 6.45) is 4.61. The van der Waals surface area contributed by atoms with Crippen molar-refractivity contribution in [3.05, 3.63) is 30.2 Å². The number of methoxy groups -OCH3 is 1. The SMILES string of the molecule is COc1ccn2c(CC(C)OS(C)(=O)=O)cnc2c1. The number of nitrogens with zero attached hydrogens (tertiary/aromatic N) is 2. The van der Waals surface area contributed by atoms with Gasteiger partial charge in [-0.1, -0.05) is 0 Å². The summed E-state index contributed by atoms with van der Waals surface area (Å²) in [4.78, 5) is 4.25. The molecular weight excluding hydrogens is 268 g/mol. The number of pyridine rings is 1. The topological polar surface area (TPSA) is 69.9 Å². The first-order chi connectivity index (χ1) is 8.89. The Labute approximate surface area is 112 Å². The first-order valence-electron chi connectivity index (χ1n) is 5.77. The van der Waals surface area contributed by atoms with Gasteiger partial charge in [-0.2, -0.15) is 8.42 Å². The van der Waals surface area contributed by atoms with Crippen molar-refractivity contribution in [1.82, 2.24) is 9.38 Å². The van der Waals surface area contributed by atoms with E-state index in [1.807, 2.05) is 22.7 Å². The molecule has 0 aliphatic carbocycles. The fourth-order valence-electron chi connectivity index (χ4n) is 1.92. The predicted octanol–water partition coefficient (Wildman–Crippen LogP) is 1.25. The third-order valence-electron chi connectivity index (χ3n) is 2.63. The van der Waals surface area contributed by atoms with Crippen LogP contribution < -0.4 is 4.74 Å². The largest absolute Gasteiger partial charge is 0.497 e. The van der Waals surface area contributed by atoms with Crippen molar-refractivity contribution in [3.63, 3.8) is 0 Å². The molecule has 1 unspecified atom stereocenters. The van der Waals surface area contributed by atoms with Gasteiger partial charge in [0.15, 0.2) is 0 Å². The number of imidazole rings is 1. The van der Waals surface area contributed by atoms with Crippen LogP contribution in [0.2, 0.25) is 0 Å². The van der Waals surface area contributed by atoms with E-state index in [9.17, 15) is 8.42 Å². The van der Waals surface area contributed by atoms with Gasteiger partial charge in [-0.3, -0.25) is 4.18 Å². The van der Waals surface area contributed by atoms with E-state index in [0.717, 1.165) is 23.3 Å². The summed E-state index contributed by atoms with van der Waals surface area (Å²) >= 11 is 0. The van der Waals surface area contributed by atoms with Gasteiger partial charge in [0.05, 0.1) is 19.5 Å². The zero-order valence-corrected chi connectivity index (χ0v) is 11.8. The van der Waals surface area contributed by atoms with Crippen LogP contribution in [-0.2, 0) is 20.7 Å². The number of ether oxygens (including phenoxy) is 1. The second-order valence-electron chi connectivity index (χ2n) is 4.36. The number of aromatic nitrogens is 2. The van der Waals surface area contributed by atoms with E-state index in [1.165, 1.54) is 0 Å². The Morgan fingerprint density at radius 2 is 2.21 bits per heavy atom. The van der Waals surface area contributed by atoms with Crippen LogP contribution in [-0.4, -0.2) is 37.3 Å². The molecular formula is C12H16N2O4S. The lowest BCUT2D eigenvalue weighted by atomic mass is 10.2. The molecule has 2 heterocycles. The molecule has 2 aromatic rings. The lowest BCUT2D eigenvalue weighted by Crippen LogP contribution is -2.17. The average Bonchev–Trinajstić information content (AvgIpc) is 2.69. The third-order valence-corrected chi connectivity index (χ3v) is 3.31. The molecule has 0 saturated carbocycles. The normalized spacial score (nSPS) is 13.6. The van der Waals surface area contributed by atoms with Crippen LogP contribution in [0.4, 0.5) is 0 Å². The quantitative estimate of drug-likeness (QED) is 0.773. The van der Waals surface area contributed by atoms with Gasteiger partial charge in [-0.05, 0) is 13.0 Å². The molecule has 0 fully saturated rings. The minimum Gasteiger partial charge on any atom is -0.497 e. The highest BCUT2D eigenvalue weighted by atomic mass is 32.2. The molecule has 2 rings (SSSR count). The van der Waals surface area contributed by atoms with E-state index in [0.29, 0.717) is 6.42 Å². The molecule has 7 heteroatoms. The molecule has 0 saturated heterocycles. The molecule has 0 bridgehead atoms. The van der Waals surface area contributed by atoms with Gasteiger partial charge in [0.2, 0.25) is 0 Å². The molecule has 6 nitrogen and oxygen atoms in total. The smallest absolute Gasteiger partial charge is 0.264 e. The van der Waals surface area contributed by atoms with Crippen LogP contribution in [0.3, 0.4) is 0 Å². The number of hydrogen-bond donors (Lipinski definition) is 0. The Bertz CT molecular complexity index is 678. The second kappa shape index (κ2) is 5.18. The fourth-order valence-corrected chi connectivity index (χ4v) is 2.58. The van der Waals surface area contributed by atoms with E-state index < -0.39 is 16.2 Å². The maximum atomic E-state index is 11.1. The van der Waals surface area contributed by atoms with Crippen LogP contribution in [0, 0.1) is 0 Å². The minimum absolute atomic E-state index is 0.433. The molecule has 0 radical (unpaired) electrons. The standard InChI is InChI=1S/C12H16N2O4S/c1-9(18-19(3,15)16)6-10-8-13-12-7-11(17-2)4-5-14(10)12/h4-5,7-9H,6H2,1-3H3. The van der Waals surface area contributed by atoms with Crippen LogP contribution >= 0.6 is 0 Å². The van der Waals surface area contributed by atoms with Gasteiger partial charge < -0.3 is 9.14 Å². The van der Waals surface area contributed by atoms with Crippen molar-refractivity contribution in [3.8, 4) is 5.75 Å². The Balaban J connectivity index is 2.22. The molecule has 0 aromatic carbocycles. The van der Waals surface area contributed by atoms with Crippen molar-refractivity contribution >= 4 is 15.8 Å². The zero-order valence-electron chi connectivity index (χ0n) is 11.0. The van der Waals surface area contributed by atoms with Crippen molar-refractivity contribution < 1.29 is 17.3 Å². The maximum absolute atomic E-state index is 11.1. The van der Waals surface area contributed by atoms with Crippen molar-refractivity contribution in [2.75, 3.05) is 13.4 Å². The summed E-state index contributed by atoms with van der Waals surface area (Å²) in [5.74, 6) is 0.727. The van der Waals surface area contributed by atoms with Gasteiger partial charge in [0.1, 0.15) is 11.4 Å². The summed E-state index contributed by atoms with van der Waals surface area (Å²) < 4.78 is 34.0. The van der Waals surface area contributed by atoms with Crippen LogP contribution in [0.25, 0.3) is 5.65 Å². The highest BCUT2D eigenvalue weighted by Crippen LogP contribution is 2.16. The summed E-state index contributed by atoms with van der Waals surface area (Å²) in [7, 11) is -1.85. The van der Waals surface area contributed by atoms with Gasteiger partial charge in [-0.15, -0.1) is 0 Å².